The molecule has 4 N–H and O–H groups in total. The van der Waals surface area contributed by atoms with Gasteiger partial charge in [0.25, 0.3) is 0 Å². The highest BCUT2D eigenvalue weighted by Crippen LogP contribution is 2.29. The minimum atomic E-state index is 0.608. The van der Waals surface area contributed by atoms with Crippen molar-refractivity contribution >= 4 is 0 Å². The molecule has 9 rings (SSSR count). The third-order valence-electron chi connectivity index (χ3n) is 13.1. The van der Waals surface area contributed by atoms with Crippen LogP contribution in [0.3, 0.4) is 0 Å². The number of nitrogens with one attached hydrogen (secondary N) is 4. The van der Waals surface area contributed by atoms with Gasteiger partial charge in [0.05, 0.1) is 36.9 Å². The summed E-state index contributed by atoms with van der Waals surface area (Å²) in [5, 5.41) is 27.6. The first-order valence-corrected chi connectivity index (χ1v) is 25.4. The smallest absolute Gasteiger partial charge is 0.119 e. The number of piperidine rings is 3. The molecular weight excluding hydrogens is 835 g/mol. The lowest BCUT2D eigenvalue weighted by atomic mass is 9.94. The van der Waals surface area contributed by atoms with Gasteiger partial charge in [0.2, 0.25) is 0 Å². The zero-order valence-electron chi connectivity index (χ0n) is 41.0. The van der Waals surface area contributed by atoms with E-state index in [0.717, 1.165) is 94.6 Å². The summed E-state index contributed by atoms with van der Waals surface area (Å²) in [7, 11) is 0. The van der Waals surface area contributed by atoms with Crippen molar-refractivity contribution in [1.82, 2.24) is 45.7 Å². The largest absolute Gasteiger partial charge is 0.494 e. The number of aromatic nitrogens is 6. The molecule has 0 aliphatic carbocycles. The molecule has 12 heteroatoms. The standard InChI is InChI=1S/2C19H27N3O.C17H23N3O/c1-3-22-19(16-9-11-20-12-10-16)14-17(21-22)13-15-5-7-18(8-6-15)23-4-2;1-3-22-19(16-8-10-20-11-9-16)14-17(21-22)12-15-6-5-7-18(13-15)23-4-2;1-2-21-16-5-3-13(4-6-16)11-15-12-17(20-19-15)14-7-9-18-10-8-14/h5-8,14,16,20H,3-4,9-13H2,1-2H3;5-7,13-14,16,20H,3-4,8-12H2,1-2H3;3-6,12,14,18H,2,7-11H2,1H3,(H,19,20). The Bertz CT molecular complexity index is 2320. The van der Waals surface area contributed by atoms with Crippen LogP contribution < -0.4 is 30.2 Å². The molecule has 3 saturated heterocycles. The van der Waals surface area contributed by atoms with Crippen LogP contribution in [0.15, 0.2) is 91.0 Å². The molecular formula is C55H77N9O3. The number of hydrogen-bond donors (Lipinski definition) is 4. The molecule has 6 heterocycles. The number of ether oxygens (including phenoxy) is 3. The third kappa shape index (κ3) is 14.8. The quantitative estimate of drug-likeness (QED) is 0.0708. The van der Waals surface area contributed by atoms with Crippen molar-refractivity contribution in [3.63, 3.8) is 0 Å². The fourth-order valence-corrected chi connectivity index (χ4v) is 9.63. The number of nitrogens with zero attached hydrogens (tertiary/aromatic N) is 5. The maximum absolute atomic E-state index is 5.60. The van der Waals surface area contributed by atoms with E-state index < -0.39 is 0 Å². The highest BCUT2D eigenvalue weighted by atomic mass is 16.5. The van der Waals surface area contributed by atoms with E-state index in [1.54, 1.807) is 0 Å². The molecule has 0 spiro atoms. The Morgan fingerprint density at radius 2 is 0.925 bits per heavy atom. The van der Waals surface area contributed by atoms with Crippen LogP contribution >= 0.6 is 0 Å². The summed E-state index contributed by atoms with van der Waals surface area (Å²) in [4.78, 5) is 0. The summed E-state index contributed by atoms with van der Waals surface area (Å²) in [6.07, 6.45) is 9.88. The van der Waals surface area contributed by atoms with Gasteiger partial charge in [-0.15, -0.1) is 0 Å². The summed E-state index contributed by atoms with van der Waals surface area (Å²) < 4.78 is 21.0. The fraction of sp³-hybridized carbons (Fsp3) is 0.509. The van der Waals surface area contributed by atoms with Gasteiger partial charge in [0.1, 0.15) is 17.2 Å². The van der Waals surface area contributed by atoms with Gasteiger partial charge in [0.15, 0.2) is 0 Å². The van der Waals surface area contributed by atoms with E-state index in [1.807, 2.05) is 51.1 Å². The van der Waals surface area contributed by atoms with Gasteiger partial charge in [-0.2, -0.15) is 15.3 Å². The van der Waals surface area contributed by atoms with Gasteiger partial charge in [-0.3, -0.25) is 14.5 Å². The summed E-state index contributed by atoms with van der Waals surface area (Å²) in [6.45, 7) is 21.1. The highest BCUT2D eigenvalue weighted by Gasteiger charge is 2.22. The summed E-state index contributed by atoms with van der Waals surface area (Å²) in [5.74, 6) is 4.71. The number of benzene rings is 3. The van der Waals surface area contributed by atoms with Crippen molar-refractivity contribution in [2.45, 2.75) is 123 Å². The summed E-state index contributed by atoms with van der Waals surface area (Å²) in [5.41, 5.74) is 11.4. The number of rotatable bonds is 17. The molecule has 3 aliphatic rings. The third-order valence-corrected chi connectivity index (χ3v) is 13.1. The maximum atomic E-state index is 5.60. The molecule has 3 aromatic heterocycles. The predicted molar refractivity (Wildman–Crippen MR) is 270 cm³/mol. The van der Waals surface area contributed by atoms with Crippen LogP contribution in [0.25, 0.3) is 0 Å². The Kier molecular flexibility index (Phi) is 19.3. The molecule has 0 amide bonds. The SMILES string of the molecule is CCOc1ccc(Cc2cc(C3CCNCC3)n(CC)n2)cc1.CCOc1ccc(Cc2cc(C3CCNCC3)n[nH]2)cc1.CCOc1cccc(Cc2cc(C3CCNCC3)n(CC)n2)c1. The van der Waals surface area contributed by atoms with Crippen molar-refractivity contribution in [3.8, 4) is 17.2 Å². The Morgan fingerprint density at radius 1 is 0.478 bits per heavy atom. The van der Waals surface area contributed by atoms with E-state index in [2.05, 4.69) is 110 Å². The zero-order chi connectivity index (χ0) is 46.6. The molecule has 3 aliphatic heterocycles. The van der Waals surface area contributed by atoms with E-state index in [-0.39, 0.29) is 0 Å². The molecule has 0 radical (unpaired) electrons. The van der Waals surface area contributed by atoms with Gasteiger partial charge in [0, 0.05) is 67.2 Å². The van der Waals surface area contributed by atoms with Crippen molar-refractivity contribution in [1.29, 1.82) is 0 Å². The van der Waals surface area contributed by atoms with E-state index in [0.29, 0.717) is 37.6 Å². The summed E-state index contributed by atoms with van der Waals surface area (Å²) >= 11 is 0. The van der Waals surface area contributed by atoms with Crippen molar-refractivity contribution in [2.75, 3.05) is 59.1 Å². The van der Waals surface area contributed by atoms with Gasteiger partial charge >= 0.3 is 0 Å². The van der Waals surface area contributed by atoms with Crippen LogP contribution in [0.1, 0.15) is 142 Å². The van der Waals surface area contributed by atoms with Crippen molar-refractivity contribution in [2.24, 2.45) is 0 Å². The highest BCUT2D eigenvalue weighted by molar-refractivity contribution is 5.33. The second-order valence-corrected chi connectivity index (χ2v) is 17.9. The van der Waals surface area contributed by atoms with Crippen molar-refractivity contribution in [3.05, 3.63) is 142 Å². The lowest BCUT2D eigenvalue weighted by Gasteiger charge is -2.23. The molecule has 12 nitrogen and oxygen atoms in total. The Hall–Kier alpha value is -5.43. The van der Waals surface area contributed by atoms with E-state index in [9.17, 15) is 0 Å². The number of hydrogen-bond acceptors (Lipinski definition) is 9. The second-order valence-electron chi connectivity index (χ2n) is 17.9. The van der Waals surface area contributed by atoms with E-state index in [4.69, 9.17) is 24.4 Å². The first-order chi connectivity index (χ1) is 32.9. The van der Waals surface area contributed by atoms with Crippen LogP contribution in [-0.4, -0.2) is 88.8 Å². The van der Waals surface area contributed by atoms with Gasteiger partial charge in [-0.25, -0.2) is 0 Å². The van der Waals surface area contributed by atoms with Crippen LogP contribution in [0.4, 0.5) is 0 Å². The van der Waals surface area contributed by atoms with Crippen LogP contribution in [0, 0.1) is 0 Å². The molecule has 0 bridgehead atoms. The second kappa shape index (κ2) is 26.2. The van der Waals surface area contributed by atoms with Crippen LogP contribution in [0.2, 0.25) is 0 Å². The molecule has 3 aromatic carbocycles. The van der Waals surface area contributed by atoms with Crippen molar-refractivity contribution < 1.29 is 14.2 Å². The Balaban J connectivity index is 0.000000149. The molecule has 0 unspecified atom stereocenters. The molecule has 360 valence electrons. The lowest BCUT2D eigenvalue weighted by Crippen LogP contribution is -2.27. The zero-order valence-corrected chi connectivity index (χ0v) is 41.0. The fourth-order valence-electron chi connectivity index (χ4n) is 9.63. The maximum Gasteiger partial charge on any atom is 0.119 e. The van der Waals surface area contributed by atoms with Crippen LogP contribution in [-0.2, 0) is 32.4 Å². The lowest BCUT2D eigenvalue weighted by molar-refractivity contribution is 0.340. The topological polar surface area (TPSA) is 128 Å². The van der Waals surface area contributed by atoms with E-state index >= 15 is 0 Å². The van der Waals surface area contributed by atoms with E-state index in [1.165, 1.54) is 83.7 Å². The average Bonchev–Trinajstić information content (AvgIpc) is 4.13. The molecule has 6 aromatic rings. The average molecular weight is 912 g/mol. The Labute approximate surface area is 400 Å². The van der Waals surface area contributed by atoms with Gasteiger partial charge in [-0.1, -0.05) is 36.4 Å². The number of aromatic amines is 1. The molecule has 67 heavy (non-hydrogen) atoms. The first kappa shape index (κ1) is 49.5. The minimum Gasteiger partial charge on any atom is -0.494 e. The number of H-pyrrole nitrogens is 1. The molecule has 3 fully saturated rings. The van der Waals surface area contributed by atoms with Gasteiger partial charge in [-0.05, 0) is 184 Å². The monoisotopic (exact) mass is 912 g/mol. The van der Waals surface area contributed by atoms with Gasteiger partial charge < -0.3 is 30.2 Å². The predicted octanol–water partition coefficient (Wildman–Crippen LogP) is 9.59. The normalized spacial score (nSPS) is 15.8. The minimum absolute atomic E-state index is 0.608. The van der Waals surface area contributed by atoms with Crippen LogP contribution in [0.5, 0.6) is 17.2 Å². The Morgan fingerprint density at radius 3 is 1.40 bits per heavy atom. The molecule has 0 atom stereocenters. The first-order valence-electron chi connectivity index (χ1n) is 25.4. The molecule has 0 saturated carbocycles. The summed E-state index contributed by atoms with van der Waals surface area (Å²) in [6, 6.07) is 31.9. The number of aryl methyl sites for hydroxylation is 2.